The number of aromatic nitrogens is 1. The van der Waals surface area contributed by atoms with Crippen molar-refractivity contribution in [1.82, 2.24) is 4.98 Å². The largest absolute Gasteiger partial charge is 0.372 e. The van der Waals surface area contributed by atoms with Crippen LogP contribution in [-0.2, 0) is 0 Å². The number of carbonyl (C=O) groups excluding carboxylic acids is 1. The number of rotatable bonds is 3. The zero-order valence-electron chi connectivity index (χ0n) is 10.1. The SMILES string of the molecule is CNc1ncc(C(=O)Nc2ccccc2I)cc1Cl. The van der Waals surface area contributed by atoms with E-state index in [9.17, 15) is 4.79 Å². The van der Waals surface area contributed by atoms with Gasteiger partial charge in [0.25, 0.3) is 5.91 Å². The van der Waals surface area contributed by atoms with Crippen molar-refractivity contribution in [3.63, 3.8) is 0 Å². The van der Waals surface area contributed by atoms with Crippen LogP contribution in [0.3, 0.4) is 0 Å². The first kappa shape index (κ1) is 14.1. The summed E-state index contributed by atoms with van der Waals surface area (Å²) in [5.74, 6) is 0.314. The van der Waals surface area contributed by atoms with E-state index in [2.05, 4.69) is 38.2 Å². The van der Waals surface area contributed by atoms with Gasteiger partial charge in [-0.15, -0.1) is 0 Å². The number of nitrogens with zero attached hydrogens (tertiary/aromatic N) is 1. The Hall–Kier alpha value is -1.34. The average Bonchev–Trinajstić information content (AvgIpc) is 2.41. The summed E-state index contributed by atoms with van der Waals surface area (Å²) < 4.78 is 0.972. The Balaban J connectivity index is 2.21. The van der Waals surface area contributed by atoms with Crippen molar-refractivity contribution in [2.24, 2.45) is 0 Å². The molecule has 0 fully saturated rings. The van der Waals surface area contributed by atoms with Crippen molar-refractivity contribution in [3.05, 3.63) is 50.7 Å². The molecule has 2 aromatic rings. The average molecular weight is 388 g/mol. The summed E-state index contributed by atoms with van der Waals surface area (Å²) in [6.07, 6.45) is 1.49. The van der Waals surface area contributed by atoms with E-state index < -0.39 is 0 Å². The van der Waals surface area contributed by atoms with Gasteiger partial charge in [0.2, 0.25) is 0 Å². The van der Waals surface area contributed by atoms with E-state index >= 15 is 0 Å². The highest BCUT2D eigenvalue weighted by Crippen LogP contribution is 2.21. The van der Waals surface area contributed by atoms with E-state index in [1.807, 2.05) is 24.3 Å². The highest BCUT2D eigenvalue weighted by molar-refractivity contribution is 14.1. The summed E-state index contributed by atoms with van der Waals surface area (Å²) in [6.45, 7) is 0. The van der Waals surface area contributed by atoms with E-state index in [0.717, 1.165) is 9.26 Å². The highest BCUT2D eigenvalue weighted by Gasteiger charge is 2.10. The van der Waals surface area contributed by atoms with Crippen LogP contribution in [0.5, 0.6) is 0 Å². The van der Waals surface area contributed by atoms with Crippen LogP contribution >= 0.6 is 34.2 Å². The number of carbonyl (C=O) groups is 1. The standard InChI is InChI=1S/C13H11ClIN3O/c1-16-12-9(14)6-8(7-17-12)13(19)18-11-5-3-2-4-10(11)15/h2-7H,1H3,(H,16,17)(H,18,19). The van der Waals surface area contributed by atoms with E-state index in [1.54, 1.807) is 13.1 Å². The number of amides is 1. The Morgan fingerprint density at radius 3 is 2.74 bits per heavy atom. The minimum atomic E-state index is -0.235. The van der Waals surface area contributed by atoms with Crippen LogP contribution in [0.1, 0.15) is 10.4 Å². The normalized spacial score (nSPS) is 10.1. The molecule has 1 aromatic heterocycles. The van der Waals surface area contributed by atoms with Crippen molar-refractivity contribution >= 4 is 51.6 Å². The summed E-state index contributed by atoms with van der Waals surface area (Å²) in [5, 5.41) is 6.08. The van der Waals surface area contributed by atoms with Gasteiger partial charge in [-0.1, -0.05) is 23.7 Å². The Labute approximate surface area is 129 Å². The molecule has 0 aliphatic heterocycles. The number of anilines is 2. The van der Waals surface area contributed by atoms with Crippen LogP contribution in [0.2, 0.25) is 5.02 Å². The second-order valence-electron chi connectivity index (χ2n) is 3.74. The van der Waals surface area contributed by atoms with Crippen molar-refractivity contribution in [2.75, 3.05) is 17.7 Å². The molecule has 2 rings (SSSR count). The number of nitrogens with one attached hydrogen (secondary N) is 2. The van der Waals surface area contributed by atoms with E-state index in [0.29, 0.717) is 16.4 Å². The Bertz CT molecular complexity index is 619. The number of hydrogen-bond acceptors (Lipinski definition) is 3. The molecular formula is C13H11ClIN3O. The summed E-state index contributed by atoms with van der Waals surface area (Å²) >= 11 is 8.17. The van der Waals surface area contributed by atoms with Gasteiger partial charge in [0.1, 0.15) is 5.82 Å². The molecule has 0 saturated carbocycles. The van der Waals surface area contributed by atoms with Gasteiger partial charge in [-0.25, -0.2) is 4.98 Å². The van der Waals surface area contributed by atoms with Crippen LogP contribution in [0.4, 0.5) is 11.5 Å². The fourth-order valence-electron chi connectivity index (χ4n) is 1.50. The fraction of sp³-hybridized carbons (Fsp3) is 0.0769. The number of halogens is 2. The van der Waals surface area contributed by atoms with Gasteiger partial charge in [0, 0.05) is 16.8 Å². The molecule has 1 heterocycles. The molecule has 0 bridgehead atoms. The first-order valence-electron chi connectivity index (χ1n) is 5.51. The molecule has 0 atom stereocenters. The lowest BCUT2D eigenvalue weighted by atomic mass is 10.2. The zero-order valence-corrected chi connectivity index (χ0v) is 13.0. The maximum absolute atomic E-state index is 12.1. The van der Waals surface area contributed by atoms with Gasteiger partial charge in [0.15, 0.2) is 0 Å². The third-order valence-electron chi connectivity index (χ3n) is 2.46. The predicted octanol–water partition coefficient (Wildman–Crippen LogP) is 3.63. The van der Waals surface area contributed by atoms with E-state index in [4.69, 9.17) is 11.6 Å². The number of pyridine rings is 1. The Morgan fingerprint density at radius 2 is 2.11 bits per heavy atom. The molecule has 4 nitrogen and oxygen atoms in total. The number of hydrogen-bond donors (Lipinski definition) is 2. The molecule has 98 valence electrons. The fourth-order valence-corrected chi connectivity index (χ4v) is 2.29. The lowest BCUT2D eigenvalue weighted by Gasteiger charge is -2.08. The molecule has 1 amide bonds. The zero-order chi connectivity index (χ0) is 13.8. The second-order valence-corrected chi connectivity index (χ2v) is 5.31. The van der Waals surface area contributed by atoms with Gasteiger partial charge in [0.05, 0.1) is 16.3 Å². The number of para-hydroxylation sites is 1. The van der Waals surface area contributed by atoms with Crippen molar-refractivity contribution in [2.45, 2.75) is 0 Å². The third kappa shape index (κ3) is 3.36. The van der Waals surface area contributed by atoms with Crippen molar-refractivity contribution < 1.29 is 4.79 Å². The van der Waals surface area contributed by atoms with Crippen LogP contribution < -0.4 is 10.6 Å². The quantitative estimate of drug-likeness (QED) is 0.791. The number of benzene rings is 1. The third-order valence-corrected chi connectivity index (χ3v) is 3.69. The lowest BCUT2D eigenvalue weighted by molar-refractivity contribution is 0.102. The van der Waals surface area contributed by atoms with Gasteiger partial charge in [-0.05, 0) is 40.8 Å². The minimum absolute atomic E-state index is 0.235. The summed E-state index contributed by atoms with van der Waals surface area (Å²) in [4.78, 5) is 16.2. The maximum Gasteiger partial charge on any atom is 0.257 e. The predicted molar refractivity (Wildman–Crippen MR) is 85.9 cm³/mol. The molecule has 0 aliphatic carbocycles. The van der Waals surface area contributed by atoms with Gasteiger partial charge in [-0.3, -0.25) is 4.79 Å². The molecule has 0 aliphatic rings. The van der Waals surface area contributed by atoms with Crippen molar-refractivity contribution in [1.29, 1.82) is 0 Å². The first-order valence-corrected chi connectivity index (χ1v) is 6.96. The molecule has 0 spiro atoms. The lowest BCUT2D eigenvalue weighted by Crippen LogP contribution is -2.13. The van der Waals surface area contributed by atoms with Crippen LogP contribution in [0.25, 0.3) is 0 Å². The van der Waals surface area contributed by atoms with E-state index in [-0.39, 0.29) is 5.91 Å². The molecule has 1 aromatic carbocycles. The topological polar surface area (TPSA) is 54.0 Å². The van der Waals surface area contributed by atoms with Gasteiger partial charge < -0.3 is 10.6 Å². The van der Waals surface area contributed by atoms with Crippen molar-refractivity contribution in [3.8, 4) is 0 Å². The Morgan fingerprint density at radius 1 is 1.37 bits per heavy atom. The highest BCUT2D eigenvalue weighted by atomic mass is 127. The smallest absolute Gasteiger partial charge is 0.257 e. The monoisotopic (exact) mass is 387 g/mol. The second kappa shape index (κ2) is 6.21. The van der Waals surface area contributed by atoms with E-state index in [1.165, 1.54) is 6.20 Å². The van der Waals surface area contributed by atoms with Crippen LogP contribution in [0, 0.1) is 3.57 Å². The molecule has 0 radical (unpaired) electrons. The van der Waals surface area contributed by atoms with Gasteiger partial charge >= 0.3 is 0 Å². The van der Waals surface area contributed by atoms with Crippen LogP contribution in [-0.4, -0.2) is 17.9 Å². The molecule has 6 heteroatoms. The summed E-state index contributed by atoms with van der Waals surface area (Å²) in [6, 6.07) is 9.14. The minimum Gasteiger partial charge on any atom is -0.372 e. The molecular weight excluding hydrogens is 377 g/mol. The Kier molecular flexibility index (Phi) is 4.60. The molecule has 0 unspecified atom stereocenters. The summed E-state index contributed by atoms with van der Waals surface area (Å²) in [7, 11) is 1.72. The van der Waals surface area contributed by atoms with Gasteiger partial charge in [-0.2, -0.15) is 0 Å². The molecule has 19 heavy (non-hydrogen) atoms. The van der Waals surface area contributed by atoms with Crippen LogP contribution in [0.15, 0.2) is 36.5 Å². The first-order chi connectivity index (χ1) is 9.11. The summed E-state index contributed by atoms with van der Waals surface area (Å²) in [5.41, 5.74) is 1.19. The molecule has 2 N–H and O–H groups in total. The molecule has 0 saturated heterocycles. The maximum atomic E-state index is 12.1.